The first-order chi connectivity index (χ1) is 11.2. The zero-order valence-electron chi connectivity index (χ0n) is 15.8. The van der Waals surface area contributed by atoms with Crippen LogP contribution in [0.1, 0.15) is 73.1 Å². The Kier molecular flexibility index (Phi) is 7.70. The van der Waals surface area contributed by atoms with Crippen LogP contribution in [0.3, 0.4) is 0 Å². The average molecular weight is 339 g/mol. The maximum Gasteiger partial charge on any atom is 0.325 e. The van der Waals surface area contributed by atoms with Crippen molar-refractivity contribution in [3.05, 3.63) is 0 Å². The lowest BCUT2D eigenvalue weighted by Crippen LogP contribution is -2.46. The molecule has 4 amide bonds. The number of hydrogen-bond donors (Lipinski definition) is 2. The highest BCUT2D eigenvalue weighted by atomic mass is 16.2. The Morgan fingerprint density at radius 1 is 1.17 bits per heavy atom. The van der Waals surface area contributed by atoms with Crippen LogP contribution in [0.15, 0.2) is 0 Å². The number of nitrogens with one attached hydrogen (secondary N) is 2. The molecule has 6 nitrogen and oxygen atoms in total. The lowest BCUT2D eigenvalue weighted by Gasteiger charge is -2.22. The Labute approximate surface area is 145 Å². The van der Waals surface area contributed by atoms with Crippen LogP contribution in [0.4, 0.5) is 4.79 Å². The van der Waals surface area contributed by atoms with E-state index in [4.69, 9.17) is 0 Å². The number of unbranched alkanes of at least 4 members (excludes halogenated alkanes) is 4. The van der Waals surface area contributed by atoms with Gasteiger partial charge in [-0.1, -0.05) is 52.9 Å². The first-order valence-corrected chi connectivity index (χ1v) is 9.14. The van der Waals surface area contributed by atoms with Crippen LogP contribution in [0.5, 0.6) is 0 Å². The highest BCUT2D eigenvalue weighted by Gasteiger charge is 2.47. The van der Waals surface area contributed by atoms with Gasteiger partial charge in [0.1, 0.15) is 12.1 Å². The quantitative estimate of drug-likeness (QED) is 0.474. The monoisotopic (exact) mass is 339 g/mol. The molecule has 1 saturated heterocycles. The number of rotatable bonds is 10. The van der Waals surface area contributed by atoms with E-state index in [-0.39, 0.29) is 24.4 Å². The van der Waals surface area contributed by atoms with E-state index in [1.54, 1.807) is 6.92 Å². The molecule has 0 aromatic heterocycles. The van der Waals surface area contributed by atoms with Crippen molar-refractivity contribution in [3.63, 3.8) is 0 Å². The standard InChI is InChI=1S/C18H33N3O3/c1-6-7-8-9-10-11-18(5)16(23)21(17(24)20-18)12-15(22)19-14(4)13(2)3/h13-14H,6-12H2,1-5H3,(H,19,22)(H,20,24)/t14-,18-/m1/s1. The van der Waals surface area contributed by atoms with Crippen LogP contribution >= 0.6 is 0 Å². The van der Waals surface area contributed by atoms with Crippen LogP contribution in [-0.2, 0) is 9.59 Å². The summed E-state index contributed by atoms with van der Waals surface area (Å²) >= 11 is 0. The summed E-state index contributed by atoms with van der Waals surface area (Å²) < 4.78 is 0. The predicted octanol–water partition coefficient (Wildman–Crippen LogP) is 2.82. The van der Waals surface area contributed by atoms with Gasteiger partial charge in [-0.2, -0.15) is 0 Å². The van der Waals surface area contributed by atoms with Crippen LogP contribution < -0.4 is 10.6 Å². The minimum absolute atomic E-state index is 0.00298. The molecule has 24 heavy (non-hydrogen) atoms. The summed E-state index contributed by atoms with van der Waals surface area (Å²) in [6.45, 7) is 9.62. The van der Waals surface area contributed by atoms with Crippen molar-refractivity contribution in [2.75, 3.05) is 6.54 Å². The molecule has 0 aromatic carbocycles. The summed E-state index contributed by atoms with van der Waals surface area (Å²) in [4.78, 5) is 37.8. The molecular formula is C18H33N3O3. The Bertz CT molecular complexity index is 464. The van der Waals surface area contributed by atoms with E-state index in [9.17, 15) is 14.4 Å². The SMILES string of the molecule is CCCCCCC[C@@]1(C)NC(=O)N(CC(=O)N[C@H](C)C(C)C)C1=O. The number of imide groups is 1. The Morgan fingerprint density at radius 3 is 2.38 bits per heavy atom. The van der Waals surface area contributed by atoms with Crippen molar-refractivity contribution in [3.8, 4) is 0 Å². The second-order valence-corrected chi connectivity index (χ2v) is 7.42. The van der Waals surface area contributed by atoms with E-state index >= 15 is 0 Å². The average Bonchev–Trinajstić information content (AvgIpc) is 2.70. The number of amides is 4. The third-order valence-corrected chi connectivity index (χ3v) is 4.82. The van der Waals surface area contributed by atoms with Gasteiger partial charge < -0.3 is 10.6 Å². The van der Waals surface area contributed by atoms with Crippen molar-refractivity contribution in [1.29, 1.82) is 0 Å². The molecule has 0 aliphatic carbocycles. The maximum absolute atomic E-state index is 12.6. The molecule has 2 atom stereocenters. The first kappa shape index (κ1) is 20.5. The highest BCUT2D eigenvalue weighted by Crippen LogP contribution is 2.24. The summed E-state index contributed by atoms with van der Waals surface area (Å²) in [6.07, 6.45) is 6.07. The molecule has 1 heterocycles. The summed E-state index contributed by atoms with van der Waals surface area (Å²) in [5, 5.41) is 5.59. The lowest BCUT2D eigenvalue weighted by molar-refractivity contribution is -0.135. The first-order valence-electron chi connectivity index (χ1n) is 9.14. The van der Waals surface area contributed by atoms with Gasteiger partial charge in [0.25, 0.3) is 5.91 Å². The molecule has 1 aliphatic heterocycles. The number of carbonyl (C=O) groups is 3. The van der Waals surface area contributed by atoms with Gasteiger partial charge in [0.2, 0.25) is 5.91 Å². The third kappa shape index (κ3) is 5.49. The van der Waals surface area contributed by atoms with Gasteiger partial charge in [-0.25, -0.2) is 4.79 Å². The molecule has 0 unspecified atom stereocenters. The fourth-order valence-electron chi connectivity index (χ4n) is 2.75. The molecular weight excluding hydrogens is 306 g/mol. The molecule has 6 heteroatoms. The molecule has 0 aromatic rings. The number of urea groups is 1. The Morgan fingerprint density at radius 2 is 1.79 bits per heavy atom. The fraction of sp³-hybridized carbons (Fsp3) is 0.833. The number of nitrogens with zero attached hydrogens (tertiary/aromatic N) is 1. The molecule has 2 N–H and O–H groups in total. The molecule has 0 bridgehead atoms. The van der Waals surface area contributed by atoms with Gasteiger partial charge in [0, 0.05) is 6.04 Å². The predicted molar refractivity (Wildman–Crippen MR) is 94.5 cm³/mol. The smallest absolute Gasteiger partial charge is 0.325 e. The normalized spacial score (nSPS) is 22.0. The summed E-state index contributed by atoms with van der Waals surface area (Å²) in [5.74, 6) is -0.298. The van der Waals surface area contributed by atoms with Gasteiger partial charge in [0.05, 0.1) is 0 Å². The van der Waals surface area contributed by atoms with Crippen LogP contribution in [0.2, 0.25) is 0 Å². The van der Waals surface area contributed by atoms with E-state index in [1.807, 2.05) is 20.8 Å². The van der Waals surface area contributed by atoms with E-state index < -0.39 is 11.6 Å². The summed E-state index contributed by atoms with van der Waals surface area (Å²) in [7, 11) is 0. The molecule has 1 aliphatic rings. The van der Waals surface area contributed by atoms with E-state index in [2.05, 4.69) is 17.6 Å². The molecule has 0 saturated carbocycles. The van der Waals surface area contributed by atoms with Gasteiger partial charge >= 0.3 is 6.03 Å². The fourth-order valence-corrected chi connectivity index (χ4v) is 2.75. The molecule has 1 rings (SSSR count). The molecule has 0 radical (unpaired) electrons. The topological polar surface area (TPSA) is 78.5 Å². The number of carbonyl (C=O) groups excluding carboxylic acids is 3. The van der Waals surface area contributed by atoms with Crippen molar-refractivity contribution in [1.82, 2.24) is 15.5 Å². The Balaban J connectivity index is 2.54. The molecule has 138 valence electrons. The van der Waals surface area contributed by atoms with Gasteiger partial charge in [-0.15, -0.1) is 0 Å². The second kappa shape index (κ2) is 9.04. The van der Waals surface area contributed by atoms with E-state index in [0.29, 0.717) is 12.3 Å². The highest BCUT2D eigenvalue weighted by molar-refractivity contribution is 6.08. The lowest BCUT2D eigenvalue weighted by atomic mass is 9.94. The second-order valence-electron chi connectivity index (χ2n) is 7.42. The largest absolute Gasteiger partial charge is 0.352 e. The Hall–Kier alpha value is -1.59. The minimum atomic E-state index is -0.882. The van der Waals surface area contributed by atoms with Crippen molar-refractivity contribution in [2.45, 2.75) is 84.7 Å². The zero-order valence-corrected chi connectivity index (χ0v) is 15.8. The summed E-state index contributed by atoms with van der Waals surface area (Å²) in [6, 6.07) is -0.466. The van der Waals surface area contributed by atoms with Crippen molar-refractivity contribution < 1.29 is 14.4 Å². The maximum atomic E-state index is 12.6. The van der Waals surface area contributed by atoms with Crippen molar-refractivity contribution in [2.24, 2.45) is 5.92 Å². The van der Waals surface area contributed by atoms with E-state index in [0.717, 1.165) is 24.2 Å². The number of hydrogen-bond acceptors (Lipinski definition) is 3. The van der Waals surface area contributed by atoms with Gasteiger partial charge in [-0.05, 0) is 26.2 Å². The van der Waals surface area contributed by atoms with Crippen molar-refractivity contribution >= 4 is 17.8 Å². The third-order valence-electron chi connectivity index (χ3n) is 4.82. The van der Waals surface area contributed by atoms with Crippen LogP contribution in [-0.4, -0.2) is 40.9 Å². The minimum Gasteiger partial charge on any atom is -0.352 e. The van der Waals surface area contributed by atoms with Gasteiger partial charge in [-0.3, -0.25) is 14.5 Å². The van der Waals surface area contributed by atoms with Crippen LogP contribution in [0.25, 0.3) is 0 Å². The summed E-state index contributed by atoms with van der Waals surface area (Å²) in [5.41, 5.74) is -0.882. The van der Waals surface area contributed by atoms with Crippen LogP contribution in [0, 0.1) is 5.92 Å². The molecule has 1 fully saturated rings. The van der Waals surface area contributed by atoms with Gasteiger partial charge in [0.15, 0.2) is 0 Å². The molecule has 0 spiro atoms. The zero-order chi connectivity index (χ0) is 18.3. The van der Waals surface area contributed by atoms with E-state index in [1.165, 1.54) is 12.8 Å².